The second-order valence-corrected chi connectivity index (χ2v) is 4.82. The Morgan fingerprint density at radius 2 is 2.21 bits per heavy atom. The summed E-state index contributed by atoms with van der Waals surface area (Å²) in [6.07, 6.45) is 0.842. The summed E-state index contributed by atoms with van der Waals surface area (Å²) in [5, 5.41) is 1.10. The van der Waals surface area contributed by atoms with E-state index in [0.29, 0.717) is 0 Å². The zero-order chi connectivity index (χ0) is 13.4. The first-order valence-corrected chi connectivity index (χ1v) is 6.41. The number of ether oxygens (including phenoxy) is 1. The van der Waals surface area contributed by atoms with Crippen LogP contribution in [0.4, 0.5) is 5.69 Å². The van der Waals surface area contributed by atoms with E-state index >= 15 is 0 Å². The average Bonchev–Trinajstić information content (AvgIpc) is 2.38. The normalized spacial score (nSPS) is 18.2. The number of aryl methyl sites for hydroxylation is 1. The fourth-order valence-electron chi connectivity index (χ4n) is 2.52. The van der Waals surface area contributed by atoms with Gasteiger partial charge in [0.2, 0.25) is 0 Å². The van der Waals surface area contributed by atoms with Crippen molar-refractivity contribution in [1.82, 2.24) is 4.98 Å². The molecule has 1 aliphatic heterocycles. The highest BCUT2D eigenvalue weighted by atomic mass is 16.5. The highest BCUT2D eigenvalue weighted by molar-refractivity contribution is 5.94. The van der Waals surface area contributed by atoms with E-state index in [1.807, 2.05) is 31.2 Å². The van der Waals surface area contributed by atoms with Gasteiger partial charge < -0.3 is 9.64 Å². The van der Waals surface area contributed by atoms with Gasteiger partial charge in [0.25, 0.3) is 0 Å². The third kappa shape index (κ3) is 1.93. The molecule has 2 heterocycles. The summed E-state index contributed by atoms with van der Waals surface area (Å²) >= 11 is 0. The van der Waals surface area contributed by atoms with Crippen LogP contribution in [0.2, 0.25) is 0 Å². The molecule has 0 spiro atoms. The van der Waals surface area contributed by atoms with Gasteiger partial charge >= 0.3 is 5.97 Å². The molecule has 1 aliphatic rings. The molecule has 3 rings (SSSR count). The number of para-hydroxylation sites is 1. The molecule has 1 atom stereocenters. The van der Waals surface area contributed by atoms with E-state index in [9.17, 15) is 4.79 Å². The Hall–Kier alpha value is -2.10. The summed E-state index contributed by atoms with van der Waals surface area (Å²) < 4.78 is 4.84. The van der Waals surface area contributed by atoms with Gasteiger partial charge in [0.15, 0.2) is 0 Å². The number of aromatic nitrogens is 1. The molecule has 0 radical (unpaired) electrons. The number of rotatable bonds is 2. The number of carbonyl (C=O) groups excluding carboxylic acids is 1. The lowest BCUT2D eigenvalue weighted by Gasteiger charge is -2.40. The van der Waals surface area contributed by atoms with Gasteiger partial charge in [-0.05, 0) is 25.5 Å². The molecule has 4 nitrogen and oxygen atoms in total. The molecule has 0 saturated carbocycles. The molecular weight excluding hydrogens is 240 g/mol. The Kier molecular flexibility index (Phi) is 2.85. The minimum atomic E-state index is -0.170. The van der Waals surface area contributed by atoms with E-state index in [1.165, 1.54) is 7.11 Å². The Labute approximate surface area is 112 Å². The maximum atomic E-state index is 11.7. The van der Waals surface area contributed by atoms with Crippen LogP contribution in [-0.4, -0.2) is 30.6 Å². The Morgan fingerprint density at radius 3 is 2.89 bits per heavy atom. The smallest absolute Gasteiger partial charge is 0.328 e. The predicted octanol–water partition coefficient (Wildman–Crippen LogP) is 2.29. The van der Waals surface area contributed by atoms with Gasteiger partial charge in [0.1, 0.15) is 6.04 Å². The fourth-order valence-corrected chi connectivity index (χ4v) is 2.52. The minimum Gasteiger partial charge on any atom is -0.467 e. The number of hydrogen-bond donors (Lipinski definition) is 0. The lowest BCUT2D eigenvalue weighted by Crippen LogP contribution is -2.53. The number of hydrogen-bond acceptors (Lipinski definition) is 4. The third-order valence-corrected chi connectivity index (χ3v) is 3.64. The van der Waals surface area contributed by atoms with Crippen LogP contribution in [0, 0.1) is 6.92 Å². The van der Waals surface area contributed by atoms with Gasteiger partial charge in [-0.2, -0.15) is 0 Å². The Bertz CT molecular complexity index is 639. The zero-order valence-corrected chi connectivity index (χ0v) is 11.1. The molecule has 0 bridgehead atoms. The summed E-state index contributed by atoms with van der Waals surface area (Å²) in [4.78, 5) is 18.4. The van der Waals surface area contributed by atoms with Crippen molar-refractivity contribution in [1.29, 1.82) is 0 Å². The largest absolute Gasteiger partial charge is 0.467 e. The van der Waals surface area contributed by atoms with Gasteiger partial charge in [-0.1, -0.05) is 18.2 Å². The number of benzene rings is 1. The number of fused-ring (bicyclic) bond motifs is 1. The van der Waals surface area contributed by atoms with E-state index in [-0.39, 0.29) is 12.0 Å². The lowest BCUT2D eigenvalue weighted by atomic mass is 10.0. The van der Waals surface area contributed by atoms with Crippen LogP contribution >= 0.6 is 0 Å². The summed E-state index contributed by atoms with van der Waals surface area (Å²) in [6, 6.07) is 9.95. The van der Waals surface area contributed by atoms with Crippen LogP contribution in [0.15, 0.2) is 30.3 Å². The number of methoxy groups -OCH3 is 1. The van der Waals surface area contributed by atoms with Crippen molar-refractivity contribution in [2.75, 3.05) is 18.6 Å². The summed E-state index contributed by atoms with van der Waals surface area (Å²) in [6.45, 7) is 2.85. The number of pyridine rings is 1. The SMILES string of the molecule is COC(=O)C1CCN1c1cccc2ccc(C)nc12. The van der Waals surface area contributed by atoms with Crippen LogP contribution in [-0.2, 0) is 9.53 Å². The number of carbonyl (C=O) groups is 1. The first kappa shape index (κ1) is 12.0. The van der Waals surface area contributed by atoms with Crippen molar-refractivity contribution in [3.8, 4) is 0 Å². The predicted molar refractivity (Wildman–Crippen MR) is 74.2 cm³/mol. The quantitative estimate of drug-likeness (QED) is 0.773. The Morgan fingerprint density at radius 1 is 1.37 bits per heavy atom. The van der Waals surface area contributed by atoms with Gasteiger partial charge in [-0.25, -0.2) is 4.79 Å². The maximum absolute atomic E-state index is 11.7. The highest BCUT2D eigenvalue weighted by Crippen LogP contribution is 2.32. The molecule has 98 valence electrons. The molecule has 1 aromatic carbocycles. The molecular formula is C15H16N2O2. The molecule has 1 saturated heterocycles. The van der Waals surface area contributed by atoms with E-state index in [2.05, 4.69) is 16.0 Å². The van der Waals surface area contributed by atoms with E-state index < -0.39 is 0 Å². The van der Waals surface area contributed by atoms with Crippen molar-refractivity contribution in [3.63, 3.8) is 0 Å². The van der Waals surface area contributed by atoms with E-state index in [1.54, 1.807) is 0 Å². The second-order valence-electron chi connectivity index (χ2n) is 4.82. The van der Waals surface area contributed by atoms with Crippen molar-refractivity contribution in [2.45, 2.75) is 19.4 Å². The summed E-state index contributed by atoms with van der Waals surface area (Å²) in [7, 11) is 1.43. The molecule has 1 aromatic heterocycles. The van der Waals surface area contributed by atoms with Gasteiger partial charge in [-0.3, -0.25) is 4.98 Å². The standard InChI is InChI=1S/C15H16N2O2/c1-10-6-7-11-4-3-5-12(14(11)16-10)17-9-8-13(17)15(18)19-2/h3-7,13H,8-9H2,1-2H3. The fraction of sp³-hybridized carbons (Fsp3) is 0.333. The molecule has 1 unspecified atom stereocenters. The molecule has 1 fully saturated rings. The number of esters is 1. The molecule has 4 heteroatoms. The van der Waals surface area contributed by atoms with Crippen LogP contribution in [0.3, 0.4) is 0 Å². The van der Waals surface area contributed by atoms with Gasteiger partial charge in [0.05, 0.1) is 18.3 Å². The average molecular weight is 256 g/mol. The molecule has 2 aromatic rings. The van der Waals surface area contributed by atoms with Crippen LogP contribution in [0.25, 0.3) is 10.9 Å². The van der Waals surface area contributed by atoms with Crippen molar-refractivity contribution in [2.24, 2.45) is 0 Å². The van der Waals surface area contributed by atoms with E-state index in [0.717, 1.165) is 35.2 Å². The molecule has 0 amide bonds. The van der Waals surface area contributed by atoms with Crippen LogP contribution in [0.5, 0.6) is 0 Å². The topological polar surface area (TPSA) is 42.4 Å². The summed E-state index contributed by atoms with van der Waals surface area (Å²) in [5.41, 5.74) is 2.95. The first-order valence-electron chi connectivity index (χ1n) is 6.41. The van der Waals surface area contributed by atoms with Gasteiger partial charge in [-0.15, -0.1) is 0 Å². The first-order chi connectivity index (χ1) is 9.20. The number of nitrogens with zero attached hydrogens (tertiary/aromatic N) is 2. The monoisotopic (exact) mass is 256 g/mol. The third-order valence-electron chi connectivity index (χ3n) is 3.64. The maximum Gasteiger partial charge on any atom is 0.328 e. The van der Waals surface area contributed by atoms with Crippen molar-refractivity contribution < 1.29 is 9.53 Å². The summed E-state index contributed by atoms with van der Waals surface area (Å²) in [5.74, 6) is -0.170. The highest BCUT2D eigenvalue weighted by Gasteiger charge is 2.36. The van der Waals surface area contributed by atoms with Crippen LogP contribution < -0.4 is 4.90 Å². The van der Waals surface area contributed by atoms with Gasteiger partial charge in [0, 0.05) is 17.6 Å². The molecule has 0 aliphatic carbocycles. The van der Waals surface area contributed by atoms with Crippen LogP contribution in [0.1, 0.15) is 12.1 Å². The lowest BCUT2D eigenvalue weighted by molar-refractivity contribution is -0.143. The van der Waals surface area contributed by atoms with E-state index in [4.69, 9.17) is 4.74 Å². The second kappa shape index (κ2) is 4.53. The minimum absolute atomic E-state index is 0.169. The number of anilines is 1. The molecule has 0 N–H and O–H groups in total. The zero-order valence-electron chi connectivity index (χ0n) is 11.1. The van der Waals surface area contributed by atoms with Crippen molar-refractivity contribution in [3.05, 3.63) is 36.0 Å². The Balaban J connectivity index is 2.05. The molecule has 19 heavy (non-hydrogen) atoms. The van der Waals surface area contributed by atoms with Crippen molar-refractivity contribution >= 4 is 22.6 Å².